The average Bonchev–Trinajstić information content (AvgIpc) is 3.09. The van der Waals surface area contributed by atoms with Gasteiger partial charge in [-0.2, -0.15) is 0 Å². The lowest BCUT2D eigenvalue weighted by Gasteiger charge is -2.17. The molecule has 1 saturated heterocycles. The van der Waals surface area contributed by atoms with Gasteiger partial charge in [0.1, 0.15) is 0 Å². The highest BCUT2D eigenvalue weighted by Gasteiger charge is 2.34. The molecule has 144 valence electrons. The van der Waals surface area contributed by atoms with Gasteiger partial charge in [-0.15, -0.1) is 0 Å². The van der Waals surface area contributed by atoms with Crippen molar-refractivity contribution in [3.05, 3.63) is 80.5 Å². The molecule has 0 radical (unpaired) electrons. The van der Waals surface area contributed by atoms with Crippen LogP contribution in [0.5, 0.6) is 0 Å². The minimum atomic E-state index is -0.475. The molecule has 2 aromatic carbocycles. The molecular formula is C21H22N4O3. The van der Waals surface area contributed by atoms with Gasteiger partial charge in [0, 0.05) is 37.2 Å². The number of nitrogens with two attached hydrogens (primary N) is 1. The number of aromatic nitrogens is 2. The van der Waals surface area contributed by atoms with E-state index in [0.717, 1.165) is 10.1 Å². The van der Waals surface area contributed by atoms with Crippen LogP contribution in [0.4, 0.5) is 0 Å². The van der Waals surface area contributed by atoms with Crippen LogP contribution in [0.15, 0.2) is 58.1 Å². The summed E-state index contributed by atoms with van der Waals surface area (Å²) < 4.78 is 1.13. The highest BCUT2D eigenvalue weighted by molar-refractivity contribution is 5.97. The zero-order valence-corrected chi connectivity index (χ0v) is 15.6. The largest absolute Gasteiger partial charge is 0.336 e. The summed E-state index contributed by atoms with van der Waals surface area (Å²) in [4.78, 5) is 41.9. The zero-order chi connectivity index (χ0) is 19.8. The maximum Gasteiger partial charge on any atom is 0.328 e. The van der Waals surface area contributed by atoms with Gasteiger partial charge in [-0.05, 0) is 30.7 Å². The molecular weight excluding hydrogens is 356 g/mol. The van der Waals surface area contributed by atoms with E-state index in [0.29, 0.717) is 29.6 Å². The Hall–Kier alpha value is -3.19. The second kappa shape index (κ2) is 7.09. The fourth-order valence-corrected chi connectivity index (χ4v) is 3.91. The monoisotopic (exact) mass is 378 g/mol. The van der Waals surface area contributed by atoms with Crippen LogP contribution >= 0.6 is 0 Å². The van der Waals surface area contributed by atoms with Crippen molar-refractivity contribution >= 4 is 16.8 Å². The summed E-state index contributed by atoms with van der Waals surface area (Å²) >= 11 is 0. The number of fused-ring (bicyclic) bond motifs is 1. The summed E-state index contributed by atoms with van der Waals surface area (Å²) in [6.45, 7) is 3.03. The Kier molecular flexibility index (Phi) is 4.60. The van der Waals surface area contributed by atoms with Crippen molar-refractivity contribution in [3.63, 3.8) is 0 Å². The Morgan fingerprint density at radius 2 is 1.89 bits per heavy atom. The van der Waals surface area contributed by atoms with Gasteiger partial charge in [0.15, 0.2) is 0 Å². The molecule has 0 aliphatic carbocycles. The minimum Gasteiger partial charge on any atom is -0.336 e. The maximum atomic E-state index is 13.0. The van der Waals surface area contributed by atoms with E-state index in [1.807, 2.05) is 30.3 Å². The zero-order valence-electron chi connectivity index (χ0n) is 15.6. The Balaban J connectivity index is 1.64. The SMILES string of the molecule is CCn1c(=O)[nH]c2cc(C(=O)N3C[C@@H](N)[C@H](c4ccccc4)C3)ccc2c1=O. The van der Waals surface area contributed by atoms with E-state index in [1.165, 1.54) is 0 Å². The standard InChI is InChI=1S/C21H22N4O3/c1-2-25-20(27)15-9-8-14(10-18(15)23-21(25)28)19(26)24-11-16(17(22)12-24)13-6-4-3-5-7-13/h3-10,16-17H,2,11-12,22H2,1H3,(H,23,28)/t16-,17+/m0/s1. The summed E-state index contributed by atoms with van der Waals surface area (Å²) in [5.74, 6) is -0.0709. The third-order valence-corrected chi connectivity index (χ3v) is 5.43. The number of benzene rings is 2. The predicted octanol–water partition coefficient (Wildman–Crippen LogP) is 1.28. The van der Waals surface area contributed by atoms with Crippen LogP contribution in [-0.2, 0) is 6.54 Å². The van der Waals surface area contributed by atoms with Crippen molar-refractivity contribution < 1.29 is 4.79 Å². The van der Waals surface area contributed by atoms with Gasteiger partial charge < -0.3 is 15.6 Å². The normalized spacial score (nSPS) is 19.3. The van der Waals surface area contributed by atoms with E-state index in [2.05, 4.69) is 4.98 Å². The highest BCUT2D eigenvalue weighted by Crippen LogP contribution is 2.27. The van der Waals surface area contributed by atoms with Crippen molar-refractivity contribution in [2.24, 2.45) is 5.73 Å². The Morgan fingerprint density at radius 1 is 1.14 bits per heavy atom. The van der Waals surface area contributed by atoms with Crippen molar-refractivity contribution in [2.75, 3.05) is 13.1 Å². The number of nitrogens with zero attached hydrogens (tertiary/aromatic N) is 2. The van der Waals surface area contributed by atoms with E-state index < -0.39 is 5.69 Å². The van der Waals surface area contributed by atoms with Crippen molar-refractivity contribution in [2.45, 2.75) is 25.4 Å². The molecule has 7 nitrogen and oxygen atoms in total. The fraction of sp³-hybridized carbons (Fsp3) is 0.286. The van der Waals surface area contributed by atoms with Crippen LogP contribution in [0.2, 0.25) is 0 Å². The molecule has 0 spiro atoms. The van der Waals surface area contributed by atoms with Gasteiger partial charge in [-0.25, -0.2) is 4.79 Å². The van der Waals surface area contributed by atoms with Crippen LogP contribution in [0.3, 0.4) is 0 Å². The molecule has 1 aromatic heterocycles. The molecule has 2 atom stereocenters. The number of rotatable bonds is 3. The van der Waals surface area contributed by atoms with Crippen LogP contribution in [0, 0.1) is 0 Å². The van der Waals surface area contributed by atoms with Crippen molar-refractivity contribution in [3.8, 4) is 0 Å². The first kappa shape index (κ1) is 18.2. The van der Waals surface area contributed by atoms with Gasteiger partial charge in [0.2, 0.25) is 0 Å². The highest BCUT2D eigenvalue weighted by atomic mass is 16.2. The van der Waals surface area contributed by atoms with E-state index >= 15 is 0 Å². The van der Waals surface area contributed by atoms with Gasteiger partial charge in [-0.1, -0.05) is 30.3 Å². The molecule has 3 aromatic rings. The molecule has 1 aliphatic rings. The van der Waals surface area contributed by atoms with Crippen molar-refractivity contribution in [1.29, 1.82) is 0 Å². The number of likely N-dealkylation sites (tertiary alicyclic amines) is 1. The molecule has 4 rings (SSSR count). The molecule has 7 heteroatoms. The van der Waals surface area contributed by atoms with E-state index in [9.17, 15) is 14.4 Å². The van der Waals surface area contributed by atoms with Crippen LogP contribution in [-0.4, -0.2) is 39.5 Å². The third kappa shape index (κ3) is 3.03. The summed E-state index contributed by atoms with van der Waals surface area (Å²) in [5.41, 5.74) is 7.38. The minimum absolute atomic E-state index is 0.0853. The molecule has 3 N–H and O–H groups in total. The topological polar surface area (TPSA) is 101 Å². The summed E-state index contributed by atoms with van der Waals surface area (Å²) in [7, 11) is 0. The van der Waals surface area contributed by atoms with Gasteiger partial charge >= 0.3 is 5.69 Å². The summed E-state index contributed by atoms with van der Waals surface area (Å²) in [5, 5.41) is 0.387. The number of amides is 1. The fourth-order valence-electron chi connectivity index (χ4n) is 3.91. The molecule has 0 unspecified atom stereocenters. The smallest absolute Gasteiger partial charge is 0.328 e. The van der Waals surface area contributed by atoms with E-state index in [4.69, 9.17) is 5.73 Å². The quantitative estimate of drug-likeness (QED) is 0.717. The number of aromatic amines is 1. The number of H-pyrrole nitrogens is 1. The number of hydrogen-bond donors (Lipinski definition) is 2. The van der Waals surface area contributed by atoms with Crippen LogP contribution in [0.25, 0.3) is 10.9 Å². The number of carbonyl (C=O) groups excluding carboxylic acids is 1. The first-order valence-electron chi connectivity index (χ1n) is 9.36. The maximum absolute atomic E-state index is 13.0. The predicted molar refractivity (Wildman–Crippen MR) is 108 cm³/mol. The molecule has 0 saturated carbocycles. The summed E-state index contributed by atoms with van der Waals surface area (Å²) in [6.07, 6.45) is 0. The lowest BCUT2D eigenvalue weighted by molar-refractivity contribution is 0.0789. The first-order valence-corrected chi connectivity index (χ1v) is 9.36. The van der Waals surface area contributed by atoms with Crippen LogP contribution in [0.1, 0.15) is 28.8 Å². The Labute approximate surface area is 161 Å². The molecule has 1 fully saturated rings. The lowest BCUT2D eigenvalue weighted by atomic mass is 9.95. The molecule has 28 heavy (non-hydrogen) atoms. The van der Waals surface area contributed by atoms with E-state index in [1.54, 1.807) is 30.0 Å². The average molecular weight is 378 g/mol. The lowest BCUT2D eigenvalue weighted by Crippen LogP contribution is -2.35. The third-order valence-electron chi connectivity index (χ3n) is 5.43. The number of carbonyl (C=O) groups is 1. The van der Waals surface area contributed by atoms with Gasteiger partial charge in [0.25, 0.3) is 11.5 Å². The molecule has 1 amide bonds. The molecule has 0 bridgehead atoms. The number of hydrogen-bond acceptors (Lipinski definition) is 4. The summed E-state index contributed by atoms with van der Waals surface area (Å²) in [6, 6.07) is 14.6. The Bertz CT molecular complexity index is 1150. The molecule has 1 aliphatic heterocycles. The number of nitrogens with one attached hydrogen (secondary N) is 1. The van der Waals surface area contributed by atoms with Crippen molar-refractivity contribution in [1.82, 2.24) is 14.5 Å². The van der Waals surface area contributed by atoms with E-state index in [-0.39, 0.29) is 30.0 Å². The van der Waals surface area contributed by atoms with Gasteiger partial charge in [0.05, 0.1) is 10.9 Å². The van der Waals surface area contributed by atoms with Crippen LogP contribution < -0.4 is 17.0 Å². The second-order valence-corrected chi connectivity index (χ2v) is 7.13. The second-order valence-electron chi connectivity index (χ2n) is 7.13. The molecule has 2 heterocycles. The Morgan fingerprint density at radius 3 is 2.61 bits per heavy atom. The van der Waals surface area contributed by atoms with Gasteiger partial charge in [-0.3, -0.25) is 14.2 Å². The first-order chi connectivity index (χ1) is 13.5.